The Hall–Kier alpha value is -1.75. The van der Waals surface area contributed by atoms with Gasteiger partial charge in [0, 0.05) is 25.3 Å². The molecule has 1 aliphatic carbocycles. The number of anilines is 2. The van der Waals surface area contributed by atoms with Crippen molar-refractivity contribution in [1.29, 1.82) is 0 Å². The molecule has 4 fully saturated rings. The second-order valence-corrected chi connectivity index (χ2v) is 13.4. The maximum atomic E-state index is 12.8. The van der Waals surface area contributed by atoms with Crippen molar-refractivity contribution in [2.45, 2.75) is 120 Å². The van der Waals surface area contributed by atoms with Crippen LogP contribution < -0.4 is 32.3 Å². The molecule has 242 valence electrons. The topological polar surface area (TPSA) is 142 Å². The molecule has 0 amide bonds. The Morgan fingerprint density at radius 2 is 1.86 bits per heavy atom. The van der Waals surface area contributed by atoms with Gasteiger partial charge in [-0.05, 0) is 70.1 Å². The number of benzene rings is 1. The van der Waals surface area contributed by atoms with E-state index in [1.807, 2.05) is 11.8 Å². The number of halogens is 3. The summed E-state index contributed by atoms with van der Waals surface area (Å²) in [5, 5.41) is 39.1. The van der Waals surface area contributed by atoms with E-state index in [1.165, 1.54) is 6.07 Å². The van der Waals surface area contributed by atoms with E-state index in [2.05, 4.69) is 45.3 Å². The van der Waals surface area contributed by atoms with Gasteiger partial charge in [-0.2, -0.15) is 13.2 Å². The van der Waals surface area contributed by atoms with Crippen molar-refractivity contribution in [3.63, 3.8) is 0 Å². The number of alkyl halides is 3. The second-order valence-electron chi connectivity index (χ2n) is 13.4. The molecule has 4 heterocycles. The van der Waals surface area contributed by atoms with Gasteiger partial charge in [0.05, 0.1) is 49.0 Å². The maximum Gasteiger partial charge on any atom is 0.393 e. The zero-order valence-electron chi connectivity index (χ0n) is 25.1. The third-order valence-corrected chi connectivity index (χ3v) is 10.2. The summed E-state index contributed by atoms with van der Waals surface area (Å²) in [5.74, 6) is 0.549. The first-order valence-corrected chi connectivity index (χ1v) is 15.6. The maximum absolute atomic E-state index is 12.8. The number of hydrogen-bond acceptors (Lipinski definition) is 11. The van der Waals surface area contributed by atoms with Gasteiger partial charge >= 0.3 is 6.18 Å². The molecule has 6 rings (SSSR count). The molecule has 0 bridgehead atoms. The highest BCUT2D eigenvalue weighted by Crippen LogP contribution is 2.41. The van der Waals surface area contributed by atoms with Crippen LogP contribution >= 0.6 is 0 Å². The Morgan fingerprint density at radius 3 is 2.58 bits per heavy atom. The highest BCUT2D eigenvalue weighted by Gasteiger charge is 2.59. The van der Waals surface area contributed by atoms with Gasteiger partial charge in [0.1, 0.15) is 24.0 Å². The average molecular weight is 613 g/mol. The van der Waals surface area contributed by atoms with Gasteiger partial charge in [-0.3, -0.25) is 20.9 Å². The first kappa shape index (κ1) is 31.2. The van der Waals surface area contributed by atoms with Gasteiger partial charge in [0.25, 0.3) is 0 Å². The van der Waals surface area contributed by atoms with Crippen LogP contribution in [0, 0.1) is 5.92 Å². The summed E-state index contributed by atoms with van der Waals surface area (Å²) in [5.41, 5.74) is 7.00. The number of ether oxygens (including phenoxy) is 1. The molecule has 0 spiro atoms. The standard InChI is InChI=1S/C29H47F3N8O3/c1-15(2)39(12-21-24(41)25(42)28(3,43-21)40-14-36-23-26(33)34-13-35-27(23)40)18-8-16(9-18)5-7-22-37-19-6-4-17(10-20(19)38-22)11-29(30,31)32/h4,6,10,15-16,18,21-27,34-38,41-42H,5,7-9,11-14,33H2,1-3H3/t16?,18?,21-,22?,23?,24-,25-,26?,27?,28+/m1/s1. The van der Waals surface area contributed by atoms with Crippen LogP contribution in [-0.4, -0.2) is 107 Å². The van der Waals surface area contributed by atoms with E-state index in [0.717, 1.165) is 37.1 Å². The number of rotatable bonds is 9. The molecule has 14 heteroatoms. The van der Waals surface area contributed by atoms with Crippen molar-refractivity contribution in [2.24, 2.45) is 11.7 Å². The SMILES string of the molecule is CC(C)N(C[C@H]1O[C@](C)(N2CNC3C(N)NCNC32)[C@H](O)[C@@H]1O)C1CC(CCC2Nc3ccc(CC(F)(F)F)cc3N2)C1. The first-order chi connectivity index (χ1) is 20.3. The molecule has 4 aliphatic heterocycles. The predicted molar refractivity (Wildman–Crippen MR) is 157 cm³/mol. The quantitative estimate of drug-likeness (QED) is 0.203. The fourth-order valence-electron chi connectivity index (χ4n) is 7.69. The molecule has 8 atom stereocenters. The second kappa shape index (κ2) is 11.9. The summed E-state index contributed by atoms with van der Waals surface area (Å²) >= 11 is 0. The van der Waals surface area contributed by atoms with Crippen LogP contribution in [0.1, 0.15) is 52.0 Å². The Labute approximate surface area is 251 Å². The lowest BCUT2D eigenvalue weighted by molar-refractivity contribution is -0.186. The minimum absolute atomic E-state index is 0.00116. The Balaban J connectivity index is 0.995. The molecular weight excluding hydrogens is 565 g/mol. The summed E-state index contributed by atoms with van der Waals surface area (Å²) in [7, 11) is 0. The molecule has 1 saturated carbocycles. The van der Waals surface area contributed by atoms with E-state index in [4.69, 9.17) is 10.5 Å². The summed E-state index contributed by atoms with van der Waals surface area (Å²) in [6.07, 6.45) is -4.20. The number of aliphatic hydroxyl groups excluding tert-OH is 2. The van der Waals surface area contributed by atoms with Crippen LogP contribution in [0.2, 0.25) is 0 Å². The number of fused-ring (bicyclic) bond motifs is 2. The Kier molecular flexibility index (Phi) is 8.63. The van der Waals surface area contributed by atoms with Crippen LogP contribution in [0.3, 0.4) is 0 Å². The fourth-order valence-corrected chi connectivity index (χ4v) is 7.69. The smallest absolute Gasteiger partial charge is 0.387 e. The molecule has 0 radical (unpaired) electrons. The van der Waals surface area contributed by atoms with Gasteiger partial charge in [-0.1, -0.05) is 6.07 Å². The third kappa shape index (κ3) is 6.23. The molecule has 0 aromatic heterocycles. The number of nitrogens with one attached hydrogen (secondary N) is 5. The molecule has 1 aromatic rings. The van der Waals surface area contributed by atoms with Gasteiger partial charge in [-0.25, -0.2) is 4.90 Å². The fraction of sp³-hybridized carbons (Fsp3) is 0.793. The van der Waals surface area contributed by atoms with E-state index in [1.54, 1.807) is 12.1 Å². The van der Waals surface area contributed by atoms with Gasteiger partial charge in [0.15, 0.2) is 0 Å². The van der Waals surface area contributed by atoms with Gasteiger partial charge in [-0.15, -0.1) is 0 Å². The minimum Gasteiger partial charge on any atom is -0.387 e. The summed E-state index contributed by atoms with van der Waals surface area (Å²) < 4.78 is 44.9. The number of aliphatic hydroxyl groups is 2. The molecule has 4 unspecified atom stereocenters. The van der Waals surface area contributed by atoms with Crippen molar-refractivity contribution >= 4 is 11.4 Å². The molecule has 3 saturated heterocycles. The van der Waals surface area contributed by atoms with Crippen LogP contribution in [-0.2, 0) is 11.2 Å². The zero-order chi connectivity index (χ0) is 30.7. The van der Waals surface area contributed by atoms with E-state index >= 15 is 0 Å². The van der Waals surface area contributed by atoms with Crippen LogP contribution in [0.4, 0.5) is 24.5 Å². The zero-order valence-corrected chi connectivity index (χ0v) is 25.1. The van der Waals surface area contributed by atoms with Crippen LogP contribution in [0.5, 0.6) is 0 Å². The van der Waals surface area contributed by atoms with E-state index in [-0.39, 0.29) is 36.1 Å². The average Bonchev–Trinajstić information content (AvgIpc) is 3.58. The van der Waals surface area contributed by atoms with Crippen molar-refractivity contribution in [2.75, 3.05) is 30.5 Å². The highest BCUT2D eigenvalue weighted by molar-refractivity contribution is 5.75. The number of nitrogens with two attached hydrogens (primary N) is 1. The summed E-state index contributed by atoms with van der Waals surface area (Å²) in [6.45, 7) is 7.69. The monoisotopic (exact) mass is 612 g/mol. The van der Waals surface area contributed by atoms with Crippen molar-refractivity contribution < 1.29 is 28.1 Å². The summed E-state index contributed by atoms with van der Waals surface area (Å²) in [6, 6.07) is 5.40. The molecule has 5 aliphatic rings. The predicted octanol–water partition coefficient (Wildman–Crippen LogP) is 1.05. The number of nitrogens with zero attached hydrogens (tertiary/aromatic N) is 2. The van der Waals surface area contributed by atoms with E-state index in [9.17, 15) is 23.4 Å². The Morgan fingerprint density at radius 1 is 1.12 bits per heavy atom. The molecule has 11 nitrogen and oxygen atoms in total. The van der Waals surface area contributed by atoms with E-state index in [0.29, 0.717) is 31.8 Å². The summed E-state index contributed by atoms with van der Waals surface area (Å²) in [4.78, 5) is 4.42. The highest BCUT2D eigenvalue weighted by atomic mass is 19.4. The molecule has 1 aromatic carbocycles. The lowest BCUT2D eigenvalue weighted by Gasteiger charge is -2.46. The van der Waals surface area contributed by atoms with Gasteiger partial charge in [0.2, 0.25) is 0 Å². The first-order valence-electron chi connectivity index (χ1n) is 15.6. The minimum atomic E-state index is -4.22. The van der Waals surface area contributed by atoms with Crippen molar-refractivity contribution in [3.8, 4) is 0 Å². The Bertz CT molecular complexity index is 1140. The van der Waals surface area contributed by atoms with Crippen LogP contribution in [0.25, 0.3) is 0 Å². The van der Waals surface area contributed by atoms with E-state index < -0.39 is 36.6 Å². The lowest BCUT2D eigenvalue weighted by atomic mass is 9.76. The molecule has 43 heavy (non-hydrogen) atoms. The van der Waals surface area contributed by atoms with Crippen molar-refractivity contribution in [3.05, 3.63) is 23.8 Å². The van der Waals surface area contributed by atoms with Crippen LogP contribution in [0.15, 0.2) is 18.2 Å². The molecular formula is C29H47F3N8O3. The third-order valence-electron chi connectivity index (χ3n) is 10.2. The van der Waals surface area contributed by atoms with Gasteiger partial charge < -0.3 is 31.3 Å². The molecule has 9 N–H and O–H groups in total. The normalized spacial score (nSPS) is 39.5. The largest absolute Gasteiger partial charge is 0.393 e. The lowest BCUT2D eigenvalue weighted by Crippen LogP contribution is -2.70. The van der Waals surface area contributed by atoms with Crippen molar-refractivity contribution in [1.82, 2.24) is 25.8 Å². The number of hydrogen-bond donors (Lipinski definition) is 8.